The molecule has 120 valence electrons. The van der Waals surface area contributed by atoms with Crippen molar-refractivity contribution in [3.05, 3.63) is 29.8 Å². The third kappa shape index (κ3) is 6.77. The first kappa shape index (κ1) is 17.7. The molecule has 1 aromatic rings. The van der Waals surface area contributed by atoms with E-state index in [0.717, 1.165) is 5.56 Å². The summed E-state index contributed by atoms with van der Waals surface area (Å²) in [5.41, 5.74) is 5.94. The third-order valence-electron chi connectivity index (χ3n) is 3.25. The SMILES string of the molecule is CC(CN)(CCc1ccc(OC(F)F)cc1)NCC(F)F. The first-order valence-corrected chi connectivity index (χ1v) is 6.61. The van der Waals surface area contributed by atoms with Gasteiger partial charge < -0.3 is 15.8 Å². The molecule has 0 aliphatic rings. The minimum atomic E-state index is -2.85. The number of hydrogen-bond acceptors (Lipinski definition) is 3. The summed E-state index contributed by atoms with van der Waals surface area (Å²) in [7, 11) is 0. The highest BCUT2D eigenvalue weighted by Crippen LogP contribution is 2.18. The molecular formula is C14H20F4N2O. The van der Waals surface area contributed by atoms with E-state index in [1.165, 1.54) is 12.1 Å². The normalized spacial score (nSPS) is 14.5. The quantitative estimate of drug-likeness (QED) is 0.690. The Labute approximate surface area is 121 Å². The average Bonchev–Trinajstić information content (AvgIpc) is 2.44. The molecule has 1 aromatic carbocycles. The van der Waals surface area contributed by atoms with Gasteiger partial charge in [-0.25, -0.2) is 8.78 Å². The Kier molecular flexibility index (Phi) is 6.91. The Morgan fingerprint density at radius 2 is 1.81 bits per heavy atom. The van der Waals surface area contributed by atoms with Crippen molar-refractivity contribution in [2.24, 2.45) is 5.73 Å². The van der Waals surface area contributed by atoms with Crippen LogP contribution in [0.15, 0.2) is 24.3 Å². The largest absolute Gasteiger partial charge is 0.435 e. The van der Waals surface area contributed by atoms with Gasteiger partial charge in [0.05, 0.1) is 6.54 Å². The number of hydrogen-bond donors (Lipinski definition) is 2. The van der Waals surface area contributed by atoms with Crippen molar-refractivity contribution in [3.63, 3.8) is 0 Å². The van der Waals surface area contributed by atoms with Crippen LogP contribution in [-0.4, -0.2) is 31.7 Å². The monoisotopic (exact) mass is 308 g/mol. The Morgan fingerprint density at radius 3 is 2.29 bits per heavy atom. The predicted molar refractivity (Wildman–Crippen MR) is 72.9 cm³/mol. The van der Waals surface area contributed by atoms with Crippen LogP contribution in [0.3, 0.4) is 0 Å². The van der Waals surface area contributed by atoms with Crippen LogP contribution in [0.5, 0.6) is 5.75 Å². The van der Waals surface area contributed by atoms with Gasteiger partial charge in [0.15, 0.2) is 0 Å². The van der Waals surface area contributed by atoms with Crippen LogP contribution in [0.1, 0.15) is 18.9 Å². The molecule has 0 saturated carbocycles. The molecule has 0 fully saturated rings. The van der Waals surface area contributed by atoms with E-state index in [1.807, 2.05) is 0 Å². The first-order chi connectivity index (χ1) is 9.84. The lowest BCUT2D eigenvalue weighted by atomic mass is 9.93. The van der Waals surface area contributed by atoms with E-state index in [0.29, 0.717) is 12.8 Å². The van der Waals surface area contributed by atoms with Crippen molar-refractivity contribution in [3.8, 4) is 5.75 Å². The Bertz CT molecular complexity index is 414. The predicted octanol–water partition coefficient (Wildman–Crippen LogP) is 2.79. The number of nitrogens with two attached hydrogens (primary N) is 1. The molecule has 0 radical (unpaired) electrons. The topological polar surface area (TPSA) is 47.3 Å². The van der Waals surface area contributed by atoms with Gasteiger partial charge in [-0.15, -0.1) is 0 Å². The molecule has 1 rings (SSSR count). The highest BCUT2D eigenvalue weighted by Gasteiger charge is 2.22. The fraction of sp³-hybridized carbons (Fsp3) is 0.571. The summed E-state index contributed by atoms with van der Waals surface area (Å²) < 4.78 is 52.8. The summed E-state index contributed by atoms with van der Waals surface area (Å²) in [5, 5.41) is 2.75. The van der Waals surface area contributed by atoms with Gasteiger partial charge >= 0.3 is 6.61 Å². The minimum Gasteiger partial charge on any atom is -0.435 e. The van der Waals surface area contributed by atoms with Crippen molar-refractivity contribution < 1.29 is 22.3 Å². The van der Waals surface area contributed by atoms with Crippen LogP contribution >= 0.6 is 0 Å². The van der Waals surface area contributed by atoms with E-state index < -0.39 is 25.1 Å². The van der Waals surface area contributed by atoms with Crippen LogP contribution in [0.4, 0.5) is 17.6 Å². The molecule has 0 aliphatic heterocycles. The van der Waals surface area contributed by atoms with E-state index >= 15 is 0 Å². The van der Waals surface area contributed by atoms with Crippen LogP contribution < -0.4 is 15.8 Å². The molecule has 1 atom stereocenters. The lowest BCUT2D eigenvalue weighted by Gasteiger charge is -2.29. The van der Waals surface area contributed by atoms with Crippen molar-refractivity contribution >= 4 is 0 Å². The number of benzene rings is 1. The summed E-state index contributed by atoms with van der Waals surface area (Å²) in [6.45, 7) is -1.25. The van der Waals surface area contributed by atoms with Gasteiger partial charge in [-0.3, -0.25) is 0 Å². The fourth-order valence-electron chi connectivity index (χ4n) is 1.84. The number of rotatable bonds is 9. The Hall–Kier alpha value is -1.34. The molecule has 0 aromatic heterocycles. The van der Waals surface area contributed by atoms with Crippen molar-refractivity contribution in [2.75, 3.05) is 13.1 Å². The zero-order valence-corrected chi connectivity index (χ0v) is 11.8. The Morgan fingerprint density at radius 1 is 1.19 bits per heavy atom. The van der Waals surface area contributed by atoms with Crippen molar-refractivity contribution in [2.45, 2.75) is 38.3 Å². The van der Waals surface area contributed by atoms with Gasteiger partial charge in [0.25, 0.3) is 6.43 Å². The van der Waals surface area contributed by atoms with Crippen molar-refractivity contribution in [1.82, 2.24) is 5.32 Å². The standard InChI is InChI=1S/C14H20F4N2O/c1-14(9-19,20-8-12(15)16)7-6-10-2-4-11(5-3-10)21-13(17)18/h2-5,12-13,20H,6-9,19H2,1H3. The van der Waals surface area contributed by atoms with Crippen LogP contribution in [0.25, 0.3) is 0 Å². The maximum Gasteiger partial charge on any atom is 0.387 e. The average molecular weight is 308 g/mol. The summed E-state index contributed by atoms with van der Waals surface area (Å²) in [6, 6.07) is 6.24. The molecular weight excluding hydrogens is 288 g/mol. The number of alkyl halides is 4. The Balaban J connectivity index is 2.52. The van der Waals surface area contributed by atoms with Crippen molar-refractivity contribution in [1.29, 1.82) is 0 Å². The lowest BCUT2D eigenvalue weighted by Crippen LogP contribution is -2.50. The summed E-state index contributed by atoms with van der Waals surface area (Å²) in [5.74, 6) is 0.0890. The van der Waals surface area contributed by atoms with E-state index in [-0.39, 0.29) is 12.3 Å². The molecule has 0 saturated heterocycles. The molecule has 0 bridgehead atoms. The van der Waals surface area contributed by atoms with Gasteiger partial charge in [0, 0.05) is 12.1 Å². The maximum atomic E-state index is 12.2. The van der Waals surface area contributed by atoms with Gasteiger partial charge in [-0.05, 0) is 37.5 Å². The molecule has 3 N–H and O–H groups in total. The highest BCUT2D eigenvalue weighted by molar-refractivity contribution is 5.27. The van der Waals surface area contributed by atoms with Crippen LogP contribution in [0.2, 0.25) is 0 Å². The highest BCUT2D eigenvalue weighted by atomic mass is 19.3. The van der Waals surface area contributed by atoms with E-state index in [4.69, 9.17) is 5.73 Å². The van der Waals surface area contributed by atoms with Crippen LogP contribution in [0, 0.1) is 0 Å². The summed E-state index contributed by atoms with van der Waals surface area (Å²) in [6.07, 6.45) is -1.27. The number of aryl methyl sites for hydroxylation is 1. The molecule has 0 aliphatic carbocycles. The molecule has 3 nitrogen and oxygen atoms in total. The molecule has 1 unspecified atom stereocenters. The van der Waals surface area contributed by atoms with E-state index in [1.54, 1.807) is 19.1 Å². The number of halogens is 4. The molecule has 0 heterocycles. The molecule has 0 spiro atoms. The van der Waals surface area contributed by atoms with Gasteiger partial charge in [-0.1, -0.05) is 12.1 Å². The van der Waals surface area contributed by atoms with E-state index in [9.17, 15) is 17.6 Å². The summed E-state index contributed by atoms with van der Waals surface area (Å²) in [4.78, 5) is 0. The van der Waals surface area contributed by atoms with Gasteiger partial charge in [0.1, 0.15) is 5.75 Å². The third-order valence-corrected chi connectivity index (χ3v) is 3.25. The second-order valence-electron chi connectivity index (χ2n) is 5.06. The zero-order valence-electron chi connectivity index (χ0n) is 11.8. The first-order valence-electron chi connectivity index (χ1n) is 6.61. The number of nitrogens with one attached hydrogen (secondary N) is 1. The number of ether oxygens (including phenoxy) is 1. The van der Waals surface area contributed by atoms with Crippen LogP contribution in [-0.2, 0) is 6.42 Å². The minimum absolute atomic E-state index is 0.0890. The molecule has 21 heavy (non-hydrogen) atoms. The molecule has 7 heteroatoms. The second-order valence-corrected chi connectivity index (χ2v) is 5.06. The lowest BCUT2D eigenvalue weighted by molar-refractivity contribution is -0.0498. The summed E-state index contributed by atoms with van der Waals surface area (Å²) >= 11 is 0. The zero-order chi connectivity index (χ0) is 15.9. The molecule has 0 amide bonds. The second kappa shape index (κ2) is 8.19. The maximum absolute atomic E-state index is 12.2. The van der Waals surface area contributed by atoms with Gasteiger partial charge in [-0.2, -0.15) is 8.78 Å². The van der Waals surface area contributed by atoms with Gasteiger partial charge in [0.2, 0.25) is 0 Å². The fourth-order valence-corrected chi connectivity index (χ4v) is 1.84. The smallest absolute Gasteiger partial charge is 0.387 e. The van der Waals surface area contributed by atoms with E-state index in [2.05, 4.69) is 10.1 Å².